The summed E-state index contributed by atoms with van der Waals surface area (Å²) in [6, 6.07) is 11.4. The molecule has 2 aromatic carbocycles. The lowest BCUT2D eigenvalue weighted by atomic mass is 10.1. The minimum Gasteiger partial charge on any atom is -0.388 e. The summed E-state index contributed by atoms with van der Waals surface area (Å²) in [6.07, 6.45) is 0. The van der Waals surface area contributed by atoms with Crippen molar-refractivity contribution >= 4 is 33.2 Å². The highest BCUT2D eigenvalue weighted by molar-refractivity contribution is 9.10. The highest BCUT2D eigenvalue weighted by Crippen LogP contribution is 2.21. The number of carbonyl (C=O) groups excluding carboxylic acids is 1. The summed E-state index contributed by atoms with van der Waals surface area (Å²) in [5.74, 6) is -0.0961. The molecule has 2 N–H and O–H groups in total. The smallest absolute Gasteiger partial charge is 0.255 e. The lowest BCUT2D eigenvalue weighted by Gasteiger charge is -2.11. The van der Waals surface area contributed by atoms with Crippen LogP contribution < -0.4 is 10.6 Å². The molecule has 3 nitrogen and oxygen atoms in total. The molecule has 0 radical (unpaired) electrons. The fourth-order valence-electron chi connectivity index (χ4n) is 2.05. The number of anilines is 2. The third-order valence-corrected chi connectivity index (χ3v) is 3.69. The Morgan fingerprint density at radius 2 is 1.65 bits per heavy atom. The Morgan fingerprint density at radius 1 is 1.00 bits per heavy atom. The van der Waals surface area contributed by atoms with Gasteiger partial charge in [-0.15, -0.1) is 0 Å². The number of amides is 1. The van der Waals surface area contributed by atoms with Crippen LogP contribution in [0.1, 0.15) is 21.5 Å². The zero-order valence-electron chi connectivity index (χ0n) is 11.8. The van der Waals surface area contributed by atoms with Crippen molar-refractivity contribution in [3.05, 3.63) is 57.6 Å². The van der Waals surface area contributed by atoms with Crippen molar-refractivity contribution in [3.8, 4) is 0 Å². The predicted octanol–water partition coefficient (Wildman–Crippen LogP) is 4.36. The van der Waals surface area contributed by atoms with Crippen LogP contribution in [0.4, 0.5) is 11.4 Å². The molecule has 2 rings (SSSR count). The first kappa shape index (κ1) is 14.6. The van der Waals surface area contributed by atoms with Crippen LogP contribution in [0, 0.1) is 13.8 Å². The van der Waals surface area contributed by atoms with Gasteiger partial charge >= 0.3 is 0 Å². The summed E-state index contributed by atoms with van der Waals surface area (Å²) in [6.45, 7) is 3.95. The highest BCUT2D eigenvalue weighted by Gasteiger charge is 2.09. The standard InChI is InChI=1S/C16H17BrN2O/c1-10-8-12(4-6-14(10)18-3)16(20)19-15-7-5-13(17)9-11(15)2/h4-9,18H,1-3H3,(H,19,20). The van der Waals surface area contributed by atoms with Gasteiger partial charge in [0.05, 0.1) is 0 Å². The van der Waals surface area contributed by atoms with Gasteiger partial charge in [-0.2, -0.15) is 0 Å². The van der Waals surface area contributed by atoms with Crippen LogP contribution in [0.2, 0.25) is 0 Å². The van der Waals surface area contributed by atoms with Crippen molar-refractivity contribution in [1.82, 2.24) is 0 Å². The predicted molar refractivity (Wildman–Crippen MR) is 87.6 cm³/mol. The Kier molecular flexibility index (Phi) is 4.45. The van der Waals surface area contributed by atoms with Gasteiger partial charge in [-0.05, 0) is 61.4 Å². The SMILES string of the molecule is CNc1ccc(C(=O)Nc2ccc(Br)cc2C)cc1C. The number of rotatable bonds is 3. The van der Waals surface area contributed by atoms with Crippen LogP contribution in [-0.4, -0.2) is 13.0 Å². The molecule has 0 bridgehead atoms. The molecule has 104 valence electrons. The van der Waals surface area contributed by atoms with E-state index in [-0.39, 0.29) is 5.91 Å². The minimum absolute atomic E-state index is 0.0961. The molecule has 0 spiro atoms. The molecule has 4 heteroatoms. The third-order valence-electron chi connectivity index (χ3n) is 3.19. The van der Waals surface area contributed by atoms with E-state index >= 15 is 0 Å². The summed E-state index contributed by atoms with van der Waals surface area (Å²) in [4.78, 5) is 12.3. The van der Waals surface area contributed by atoms with Gasteiger partial charge in [0, 0.05) is 28.5 Å². The maximum absolute atomic E-state index is 12.3. The first-order valence-electron chi connectivity index (χ1n) is 6.37. The van der Waals surface area contributed by atoms with Crippen molar-refractivity contribution in [2.45, 2.75) is 13.8 Å². The first-order valence-corrected chi connectivity index (χ1v) is 7.16. The van der Waals surface area contributed by atoms with Gasteiger partial charge in [0.2, 0.25) is 0 Å². The molecule has 0 aliphatic carbocycles. The number of hydrogen-bond donors (Lipinski definition) is 2. The molecule has 0 aliphatic rings. The van der Waals surface area contributed by atoms with Gasteiger partial charge in [0.15, 0.2) is 0 Å². The topological polar surface area (TPSA) is 41.1 Å². The van der Waals surface area contributed by atoms with Gasteiger partial charge in [-0.3, -0.25) is 4.79 Å². The van der Waals surface area contributed by atoms with Crippen LogP contribution in [0.25, 0.3) is 0 Å². The summed E-state index contributed by atoms with van der Waals surface area (Å²) in [7, 11) is 1.87. The fourth-order valence-corrected chi connectivity index (χ4v) is 2.52. The van der Waals surface area contributed by atoms with Crippen LogP contribution in [0.5, 0.6) is 0 Å². The maximum atomic E-state index is 12.3. The molecule has 0 saturated carbocycles. The Bertz CT molecular complexity index is 653. The van der Waals surface area contributed by atoms with E-state index in [0.29, 0.717) is 5.56 Å². The van der Waals surface area contributed by atoms with E-state index in [1.807, 2.05) is 57.3 Å². The zero-order valence-corrected chi connectivity index (χ0v) is 13.3. The molecule has 0 fully saturated rings. The van der Waals surface area contributed by atoms with E-state index in [4.69, 9.17) is 0 Å². The van der Waals surface area contributed by atoms with Crippen molar-refractivity contribution in [2.24, 2.45) is 0 Å². The summed E-state index contributed by atoms with van der Waals surface area (Å²) in [5, 5.41) is 6.03. The molecular formula is C16H17BrN2O. The van der Waals surface area contributed by atoms with Crippen LogP contribution in [0.3, 0.4) is 0 Å². The van der Waals surface area contributed by atoms with Crippen molar-refractivity contribution in [3.63, 3.8) is 0 Å². The molecule has 20 heavy (non-hydrogen) atoms. The monoisotopic (exact) mass is 332 g/mol. The van der Waals surface area contributed by atoms with E-state index in [1.165, 1.54) is 0 Å². The Labute approximate surface area is 127 Å². The summed E-state index contributed by atoms with van der Waals surface area (Å²) < 4.78 is 1.00. The van der Waals surface area contributed by atoms with E-state index in [9.17, 15) is 4.79 Å². The van der Waals surface area contributed by atoms with Gasteiger partial charge in [-0.1, -0.05) is 15.9 Å². The van der Waals surface area contributed by atoms with Crippen molar-refractivity contribution < 1.29 is 4.79 Å². The number of halogens is 1. The average Bonchev–Trinajstić information content (AvgIpc) is 2.41. The number of nitrogens with one attached hydrogen (secondary N) is 2. The van der Waals surface area contributed by atoms with E-state index in [0.717, 1.165) is 27.0 Å². The quantitative estimate of drug-likeness (QED) is 0.876. The molecule has 0 atom stereocenters. The first-order chi connectivity index (χ1) is 9.51. The van der Waals surface area contributed by atoms with Gasteiger partial charge in [0.25, 0.3) is 5.91 Å². The van der Waals surface area contributed by atoms with Gasteiger partial charge < -0.3 is 10.6 Å². The van der Waals surface area contributed by atoms with Gasteiger partial charge in [0.1, 0.15) is 0 Å². The second kappa shape index (κ2) is 6.09. The maximum Gasteiger partial charge on any atom is 0.255 e. The second-order valence-electron chi connectivity index (χ2n) is 4.69. The van der Waals surface area contributed by atoms with Crippen LogP contribution in [0.15, 0.2) is 40.9 Å². The molecule has 0 saturated heterocycles. The van der Waals surface area contributed by atoms with Crippen molar-refractivity contribution in [2.75, 3.05) is 17.7 Å². The Balaban J connectivity index is 2.21. The zero-order chi connectivity index (χ0) is 14.7. The third kappa shape index (κ3) is 3.20. The summed E-state index contributed by atoms with van der Waals surface area (Å²) >= 11 is 3.41. The largest absolute Gasteiger partial charge is 0.388 e. The number of aryl methyl sites for hydroxylation is 2. The van der Waals surface area contributed by atoms with E-state index in [2.05, 4.69) is 26.6 Å². The molecular weight excluding hydrogens is 316 g/mol. The molecule has 1 amide bonds. The molecule has 0 heterocycles. The summed E-state index contributed by atoms with van der Waals surface area (Å²) in [5.41, 5.74) is 4.59. The minimum atomic E-state index is -0.0961. The lowest BCUT2D eigenvalue weighted by molar-refractivity contribution is 0.102. The lowest BCUT2D eigenvalue weighted by Crippen LogP contribution is -2.13. The van der Waals surface area contributed by atoms with Crippen molar-refractivity contribution in [1.29, 1.82) is 0 Å². The van der Waals surface area contributed by atoms with Crippen LogP contribution >= 0.6 is 15.9 Å². The Morgan fingerprint density at radius 3 is 2.25 bits per heavy atom. The number of hydrogen-bond acceptors (Lipinski definition) is 2. The Hall–Kier alpha value is -1.81. The highest BCUT2D eigenvalue weighted by atomic mass is 79.9. The average molecular weight is 333 g/mol. The fraction of sp³-hybridized carbons (Fsp3) is 0.188. The number of carbonyl (C=O) groups is 1. The normalized spacial score (nSPS) is 10.2. The second-order valence-corrected chi connectivity index (χ2v) is 5.61. The molecule has 2 aromatic rings. The van der Waals surface area contributed by atoms with E-state index < -0.39 is 0 Å². The molecule has 0 aromatic heterocycles. The van der Waals surface area contributed by atoms with E-state index in [1.54, 1.807) is 0 Å². The molecule has 0 unspecified atom stereocenters. The van der Waals surface area contributed by atoms with Crippen LogP contribution in [-0.2, 0) is 0 Å². The number of benzene rings is 2. The molecule has 0 aliphatic heterocycles. The van der Waals surface area contributed by atoms with Gasteiger partial charge in [-0.25, -0.2) is 0 Å².